The van der Waals surface area contributed by atoms with Gasteiger partial charge in [-0.1, -0.05) is 17.3 Å². The van der Waals surface area contributed by atoms with E-state index in [0.29, 0.717) is 0 Å². The van der Waals surface area contributed by atoms with Crippen LogP contribution in [0, 0.1) is 4.91 Å². The number of nitrogens with two attached hydrogens (primary N) is 1. The molecule has 0 spiro atoms. The van der Waals surface area contributed by atoms with Crippen molar-refractivity contribution in [3.63, 3.8) is 0 Å². The van der Waals surface area contributed by atoms with Crippen LogP contribution in [0.2, 0.25) is 0 Å². The van der Waals surface area contributed by atoms with E-state index >= 15 is 0 Å². The lowest BCUT2D eigenvalue weighted by molar-refractivity contribution is 0.474. The van der Waals surface area contributed by atoms with Crippen molar-refractivity contribution in [2.45, 2.75) is 19.0 Å². The third kappa shape index (κ3) is 2.26. The molecule has 0 amide bonds. The molecule has 1 aromatic carbocycles. The van der Waals surface area contributed by atoms with Gasteiger partial charge in [-0.25, -0.2) is 0 Å². The summed E-state index contributed by atoms with van der Waals surface area (Å²) in [6.45, 7) is 1.72. The largest absolute Gasteiger partial charge is 0.508 e. The summed E-state index contributed by atoms with van der Waals surface area (Å²) in [5, 5.41) is 11.9. The van der Waals surface area contributed by atoms with Crippen molar-refractivity contribution in [1.82, 2.24) is 0 Å². The molecule has 3 N–H and O–H groups in total. The van der Waals surface area contributed by atoms with E-state index in [1.807, 2.05) is 0 Å². The number of aromatic hydroxyl groups is 1. The predicted molar refractivity (Wildman–Crippen MR) is 50.3 cm³/mol. The minimum atomic E-state index is -0.541. The second kappa shape index (κ2) is 4.00. The second-order valence-electron chi connectivity index (χ2n) is 3.00. The molecule has 0 aliphatic heterocycles. The van der Waals surface area contributed by atoms with E-state index in [9.17, 15) is 4.91 Å². The molecule has 0 saturated carbocycles. The summed E-state index contributed by atoms with van der Waals surface area (Å²) in [6, 6.07) is 5.45. The van der Waals surface area contributed by atoms with E-state index < -0.39 is 6.04 Å². The average Bonchev–Trinajstić information content (AvgIpc) is 2.09. The highest BCUT2D eigenvalue weighted by molar-refractivity contribution is 5.28. The summed E-state index contributed by atoms with van der Waals surface area (Å²) in [6.07, 6.45) is 0. The van der Waals surface area contributed by atoms with Gasteiger partial charge in [-0.3, -0.25) is 0 Å². The molecule has 0 heterocycles. The van der Waals surface area contributed by atoms with Crippen molar-refractivity contribution >= 4 is 0 Å². The molecule has 0 saturated heterocycles. The maximum Gasteiger partial charge on any atom is 0.132 e. The van der Waals surface area contributed by atoms with Crippen molar-refractivity contribution in [3.05, 3.63) is 34.7 Å². The molecule has 0 radical (unpaired) electrons. The summed E-state index contributed by atoms with van der Waals surface area (Å²) in [4.78, 5) is 10.4. The molecule has 1 rings (SSSR count). The van der Waals surface area contributed by atoms with Gasteiger partial charge in [0.15, 0.2) is 0 Å². The zero-order valence-electron chi connectivity index (χ0n) is 7.34. The van der Waals surface area contributed by atoms with Crippen LogP contribution in [0.15, 0.2) is 29.4 Å². The number of hydrogen-bond acceptors (Lipinski definition) is 4. The Labute approximate surface area is 76.4 Å². The van der Waals surface area contributed by atoms with Gasteiger partial charge < -0.3 is 10.8 Å². The monoisotopic (exact) mass is 180 g/mol. The maximum absolute atomic E-state index is 10.4. The Hall–Kier alpha value is -1.42. The first-order valence-corrected chi connectivity index (χ1v) is 4.02. The number of hydrogen-bond donors (Lipinski definition) is 2. The normalized spacial score (nSPS) is 14.9. The van der Waals surface area contributed by atoms with E-state index in [1.165, 1.54) is 12.1 Å². The van der Waals surface area contributed by atoms with Crippen molar-refractivity contribution in [1.29, 1.82) is 0 Å². The summed E-state index contributed by atoms with van der Waals surface area (Å²) in [7, 11) is 0. The summed E-state index contributed by atoms with van der Waals surface area (Å²) in [5.74, 6) is 0.165. The fourth-order valence-corrected chi connectivity index (χ4v) is 1.13. The van der Waals surface area contributed by atoms with Crippen LogP contribution < -0.4 is 5.73 Å². The van der Waals surface area contributed by atoms with Crippen LogP contribution in [-0.2, 0) is 0 Å². The van der Waals surface area contributed by atoms with Gasteiger partial charge in [-0.05, 0) is 24.6 Å². The fraction of sp³-hybridized carbons (Fsp3) is 0.333. The van der Waals surface area contributed by atoms with Gasteiger partial charge in [-0.2, -0.15) is 4.91 Å². The molecule has 0 aromatic heterocycles. The van der Waals surface area contributed by atoms with E-state index in [1.54, 1.807) is 19.1 Å². The average molecular weight is 180 g/mol. The highest BCUT2D eigenvalue weighted by atomic mass is 16.3. The van der Waals surface area contributed by atoms with Gasteiger partial charge in [0.1, 0.15) is 11.8 Å². The second-order valence-corrected chi connectivity index (χ2v) is 3.00. The van der Waals surface area contributed by atoms with Crippen LogP contribution in [0.3, 0.4) is 0 Å². The quantitative estimate of drug-likeness (QED) is 0.693. The Balaban J connectivity index is 2.92. The van der Waals surface area contributed by atoms with Crippen molar-refractivity contribution in [3.8, 4) is 5.75 Å². The standard InChI is InChI=1S/C9H12N2O2/c1-6(10)9(11-13)7-2-4-8(12)5-3-7/h2-6,9,12H,10H2,1H3/t6-,9-/m0/s1. The van der Waals surface area contributed by atoms with Gasteiger partial charge >= 0.3 is 0 Å². The van der Waals surface area contributed by atoms with Gasteiger partial charge in [0, 0.05) is 6.04 Å². The Morgan fingerprint density at radius 2 is 1.92 bits per heavy atom. The van der Waals surface area contributed by atoms with Crippen molar-refractivity contribution in [2.24, 2.45) is 10.9 Å². The van der Waals surface area contributed by atoms with Crippen molar-refractivity contribution < 1.29 is 5.11 Å². The number of nitroso groups, excluding NO2 is 1. The van der Waals surface area contributed by atoms with E-state index in [-0.39, 0.29) is 11.8 Å². The van der Waals surface area contributed by atoms with Gasteiger partial charge in [0.05, 0.1) is 0 Å². The first-order chi connectivity index (χ1) is 6.15. The van der Waals surface area contributed by atoms with Crippen LogP contribution in [0.25, 0.3) is 0 Å². The minimum absolute atomic E-state index is 0.165. The van der Waals surface area contributed by atoms with Crippen LogP contribution in [0.5, 0.6) is 5.75 Å². The Morgan fingerprint density at radius 1 is 1.38 bits per heavy atom. The fourth-order valence-electron chi connectivity index (χ4n) is 1.13. The molecule has 0 bridgehead atoms. The summed E-state index contributed by atoms with van der Waals surface area (Å²) >= 11 is 0. The summed E-state index contributed by atoms with van der Waals surface area (Å²) in [5.41, 5.74) is 6.29. The molecule has 13 heavy (non-hydrogen) atoms. The van der Waals surface area contributed by atoms with Crippen LogP contribution in [0.1, 0.15) is 18.5 Å². The third-order valence-corrected chi connectivity index (χ3v) is 1.85. The SMILES string of the molecule is C[C@H](N)[C@H](N=O)c1ccc(O)cc1. The molecule has 4 nitrogen and oxygen atoms in total. The lowest BCUT2D eigenvalue weighted by atomic mass is 10.0. The predicted octanol–water partition coefficient (Wildman–Crippen LogP) is 1.55. The van der Waals surface area contributed by atoms with E-state index in [4.69, 9.17) is 10.8 Å². The molecule has 0 aliphatic carbocycles. The van der Waals surface area contributed by atoms with Crippen molar-refractivity contribution in [2.75, 3.05) is 0 Å². The van der Waals surface area contributed by atoms with Gasteiger partial charge in [0.25, 0.3) is 0 Å². The first kappa shape index (κ1) is 9.67. The zero-order valence-corrected chi connectivity index (χ0v) is 7.34. The molecule has 0 fully saturated rings. The molecule has 2 atom stereocenters. The molecule has 0 aliphatic rings. The van der Waals surface area contributed by atoms with Crippen LogP contribution >= 0.6 is 0 Å². The van der Waals surface area contributed by atoms with Gasteiger partial charge in [-0.15, -0.1) is 0 Å². The Morgan fingerprint density at radius 3 is 2.31 bits per heavy atom. The highest BCUT2D eigenvalue weighted by Gasteiger charge is 2.15. The number of phenols is 1. The minimum Gasteiger partial charge on any atom is -0.508 e. The molecule has 1 aromatic rings. The van der Waals surface area contributed by atoms with E-state index in [2.05, 4.69) is 5.18 Å². The van der Waals surface area contributed by atoms with Gasteiger partial charge in [0.2, 0.25) is 0 Å². The number of nitrogens with zero attached hydrogens (tertiary/aromatic N) is 1. The molecule has 4 heteroatoms. The first-order valence-electron chi connectivity index (χ1n) is 4.02. The highest BCUT2D eigenvalue weighted by Crippen LogP contribution is 2.21. The number of phenolic OH excluding ortho intramolecular Hbond substituents is 1. The Kier molecular flexibility index (Phi) is 2.97. The van der Waals surface area contributed by atoms with Crippen LogP contribution in [-0.4, -0.2) is 11.1 Å². The number of rotatable bonds is 3. The third-order valence-electron chi connectivity index (χ3n) is 1.85. The molecular formula is C9H12N2O2. The summed E-state index contributed by atoms with van der Waals surface area (Å²) < 4.78 is 0. The molecule has 0 unspecified atom stereocenters. The zero-order chi connectivity index (χ0) is 9.84. The van der Waals surface area contributed by atoms with E-state index in [0.717, 1.165) is 5.56 Å². The lowest BCUT2D eigenvalue weighted by Crippen LogP contribution is -2.22. The maximum atomic E-state index is 10.4. The number of benzene rings is 1. The topological polar surface area (TPSA) is 75.7 Å². The van der Waals surface area contributed by atoms with Crippen LogP contribution in [0.4, 0.5) is 0 Å². The smallest absolute Gasteiger partial charge is 0.132 e. The molecular weight excluding hydrogens is 168 g/mol. The Bertz CT molecular complexity index is 282. The lowest BCUT2D eigenvalue weighted by Gasteiger charge is -2.12. The molecule has 70 valence electrons.